The van der Waals surface area contributed by atoms with Gasteiger partial charge >= 0.3 is 0 Å². The predicted octanol–water partition coefficient (Wildman–Crippen LogP) is 5.17. The summed E-state index contributed by atoms with van der Waals surface area (Å²) in [5.74, 6) is 0.670. The number of pyridine rings is 1. The van der Waals surface area contributed by atoms with Crippen molar-refractivity contribution in [2.75, 3.05) is 13.7 Å². The number of carbonyl (C=O) groups is 1. The summed E-state index contributed by atoms with van der Waals surface area (Å²) < 4.78 is 7.03. The molecule has 0 saturated heterocycles. The first-order chi connectivity index (χ1) is 16.7. The first kappa shape index (κ1) is 22.7. The predicted molar refractivity (Wildman–Crippen MR) is 134 cm³/mol. The fourth-order valence-electron chi connectivity index (χ4n) is 3.56. The molecule has 2 aromatic carbocycles. The molecule has 0 aliphatic rings. The lowest BCUT2D eigenvalue weighted by Crippen LogP contribution is -2.29. The lowest BCUT2D eigenvalue weighted by molar-refractivity contribution is -0.126. The summed E-state index contributed by atoms with van der Waals surface area (Å²) in [4.78, 5) is 19.0. The zero-order valence-electron chi connectivity index (χ0n) is 19.0. The highest BCUT2D eigenvalue weighted by atomic mass is 16.5. The van der Waals surface area contributed by atoms with Gasteiger partial charge in [0.15, 0.2) is 0 Å². The molecule has 170 valence electrons. The summed E-state index contributed by atoms with van der Waals surface area (Å²) in [7, 11) is 1.63. The quantitative estimate of drug-likeness (QED) is 0.261. The van der Waals surface area contributed by atoms with Crippen LogP contribution < -0.4 is 4.74 Å². The number of benzene rings is 2. The van der Waals surface area contributed by atoms with E-state index in [4.69, 9.17) is 9.84 Å². The molecule has 0 aliphatic heterocycles. The largest absolute Gasteiger partial charge is 0.497 e. The Hall–Kier alpha value is -4.45. The Kier molecular flexibility index (Phi) is 7.30. The van der Waals surface area contributed by atoms with E-state index in [2.05, 4.69) is 11.6 Å². The van der Waals surface area contributed by atoms with Gasteiger partial charge in [-0.15, -0.1) is 6.58 Å². The van der Waals surface area contributed by atoms with Gasteiger partial charge < -0.3 is 9.64 Å². The maximum Gasteiger partial charge on any atom is 0.247 e. The van der Waals surface area contributed by atoms with Crippen LogP contribution in [0.1, 0.15) is 11.1 Å². The van der Waals surface area contributed by atoms with E-state index in [1.807, 2.05) is 77.6 Å². The van der Waals surface area contributed by atoms with Crippen LogP contribution in [0.5, 0.6) is 5.75 Å². The van der Waals surface area contributed by atoms with Crippen LogP contribution in [-0.4, -0.2) is 39.2 Å². The smallest absolute Gasteiger partial charge is 0.247 e. The van der Waals surface area contributed by atoms with E-state index in [1.54, 1.807) is 42.6 Å². The Morgan fingerprint density at radius 1 is 1.09 bits per heavy atom. The van der Waals surface area contributed by atoms with Crippen LogP contribution in [0.2, 0.25) is 0 Å². The molecule has 6 nitrogen and oxygen atoms in total. The molecule has 2 heterocycles. The molecule has 6 heteroatoms. The number of hydrogen-bond donors (Lipinski definition) is 0. The third kappa shape index (κ3) is 5.48. The van der Waals surface area contributed by atoms with E-state index in [0.29, 0.717) is 13.1 Å². The number of hydrogen-bond acceptors (Lipinski definition) is 4. The van der Waals surface area contributed by atoms with Crippen molar-refractivity contribution in [2.45, 2.75) is 6.54 Å². The molecular formula is C28H26N4O2. The topological polar surface area (TPSA) is 60.2 Å². The van der Waals surface area contributed by atoms with Gasteiger partial charge in [-0.2, -0.15) is 5.10 Å². The van der Waals surface area contributed by atoms with Crippen LogP contribution in [0.3, 0.4) is 0 Å². The number of ether oxygens (including phenoxy) is 1. The third-order valence-electron chi connectivity index (χ3n) is 5.30. The van der Waals surface area contributed by atoms with Gasteiger partial charge in [0.1, 0.15) is 11.4 Å². The minimum Gasteiger partial charge on any atom is -0.497 e. The number of carbonyl (C=O) groups excluding carboxylic acids is 1. The lowest BCUT2D eigenvalue weighted by Gasteiger charge is -2.19. The Labute approximate surface area is 199 Å². The van der Waals surface area contributed by atoms with Gasteiger partial charge in [-0.05, 0) is 48.0 Å². The molecule has 4 rings (SSSR count). The number of para-hydroxylation sites is 1. The SMILES string of the molecule is C=CCN(Cc1ccc(OC)cc1)C(=O)C=Cc1cn(-c2ccccc2)nc1-c1cccnc1. The molecule has 4 aromatic rings. The van der Waals surface area contributed by atoms with Crippen molar-refractivity contribution < 1.29 is 9.53 Å². The number of methoxy groups -OCH3 is 1. The highest BCUT2D eigenvalue weighted by Crippen LogP contribution is 2.24. The van der Waals surface area contributed by atoms with Gasteiger partial charge in [0, 0.05) is 48.9 Å². The normalized spacial score (nSPS) is 10.9. The Bertz CT molecular complexity index is 1260. The van der Waals surface area contributed by atoms with E-state index >= 15 is 0 Å². The highest BCUT2D eigenvalue weighted by Gasteiger charge is 2.13. The second kappa shape index (κ2) is 10.9. The lowest BCUT2D eigenvalue weighted by atomic mass is 10.1. The number of aromatic nitrogens is 3. The summed E-state index contributed by atoms with van der Waals surface area (Å²) in [6.07, 6.45) is 10.5. The van der Waals surface area contributed by atoms with Crippen LogP contribution in [0.4, 0.5) is 0 Å². The first-order valence-corrected chi connectivity index (χ1v) is 10.9. The molecule has 1 amide bonds. The summed E-state index contributed by atoms with van der Waals surface area (Å²) in [5.41, 5.74) is 4.41. The zero-order valence-corrected chi connectivity index (χ0v) is 19.0. The summed E-state index contributed by atoms with van der Waals surface area (Å²) in [6.45, 7) is 4.71. The van der Waals surface area contributed by atoms with Crippen molar-refractivity contribution in [2.24, 2.45) is 0 Å². The zero-order chi connectivity index (χ0) is 23.8. The second-order valence-electron chi connectivity index (χ2n) is 7.64. The Balaban J connectivity index is 1.60. The van der Waals surface area contributed by atoms with Crippen LogP contribution in [0.15, 0.2) is 104 Å². The van der Waals surface area contributed by atoms with Gasteiger partial charge in [0.05, 0.1) is 12.8 Å². The Morgan fingerprint density at radius 3 is 2.56 bits per heavy atom. The fourth-order valence-corrected chi connectivity index (χ4v) is 3.56. The minimum absolute atomic E-state index is 0.111. The molecule has 0 N–H and O–H groups in total. The van der Waals surface area contributed by atoms with Crippen molar-refractivity contribution in [3.8, 4) is 22.7 Å². The first-order valence-electron chi connectivity index (χ1n) is 10.9. The molecule has 34 heavy (non-hydrogen) atoms. The molecule has 0 aliphatic carbocycles. The van der Waals surface area contributed by atoms with Crippen LogP contribution in [0.25, 0.3) is 23.0 Å². The van der Waals surface area contributed by atoms with Gasteiger partial charge in [-0.1, -0.05) is 36.4 Å². The minimum atomic E-state index is -0.111. The van der Waals surface area contributed by atoms with Crippen LogP contribution in [0, 0.1) is 0 Å². The van der Waals surface area contributed by atoms with Crippen molar-refractivity contribution in [3.63, 3.8) is 0 Å². The van der Waals surface area contributed by atoms with Crippen molar-refractivity contribution in [3.05, 3.63) is 115 Å². The number of rotatable bonds is 9. The molecule has 0 saturated carbocycles. The highest BCUT2D eigenvalue weighted by molar-refractivity contribution is 5.93. The molecular weight excluding hydrogens is 424 g/mol. The average molecular weight is 451 g/mol. The molecule has 0 spiro atoms. The summed E-state index contributed by atoms with van der Waals surface area (Å²) in [5, 5.41) is 4.77. The van der Waals surface area contributed by atoms with Gasteiger partial charge in [0.2, 0.25) is 5.91 Å². The number of amides is 1. The van der Waals surface area contributed by atoms with Crippen molar-refractivity contribution in [1.82, 2.24) is 19.7 Å². The third-order valence-corrected chi connectivity index (χ3v) is 5.30. The standard InChI is InChI=1S/C28H26N4O2/c1-3-18-31(20-22-11-14-26(34-2)15-12-22)27(33)16-13-24-21-32(25-9-5-4-6-10-25)30-28(24)23-8-7-17-29-19-23/h3-17,19,21H,1,18,20H2,2H3. The van der Waals surface area contributed by atoms with Gasteiger partial charge in [-0.25, -0.2) is 4.68 Å². The molecule has 0 radical (unpaired) electrons. The molecule has 0 bridgehead atoms. The summed E-state index contributed by atoms with van der Waals surface area (Å²) in [6, 6.07) is 21.4. The van der Waals surface area contributed by atoms with Crippen LogP contribution >= 0.6 is 0 Å². The maximum atomic E-state index is 13.1. The Morgan fingerprint density at radius 2 is 1.88 bits per heavy atom. The maximum absolute atomic E-state index is 13.1. The monoisotopic (exact) mass is 450 g/mol. The van der Waals surface area contributed by atoms with Crippen molar-refractivity contribution in [1.29, 1.82) is 0 Å². The van der Waals surface area contributed by atoms with E-state index in [9.17, 15) is 4.79 Å². The molecule has 0 unspecified atom stereocenters. The van der Waals surface area contributed by atoms with E-state index < -0.39 is 0 Å². The van der Waals surface area contributed by atoms with E-state index in [0.717, 1.165) is 33.8 Å². The number of nitrogens with zero attached hydrogens (tertiary/aromatic N) is 4. The van der Waals surface area contributed by atoms with Crippen LogP contribution in [-0.2, 0) is 11.3 Å². The van der Waals surface area contributed by atoms with E-state index in [1.165, 1.54) is 0 Å². The molecule has 2 aromatic heterocycles. The molecule has 0 atom stereocenters. The van der Waals surface area contributed by atoms with E-state index in [-0.39, 0.29) is 5.91 Å². The molecule has 0 fully saturated rings. The average Bonchev–Trinajstić information content (AvgIpc) is 3.33. The van der Waals surface area contributed by atoms with Crippen molar-refractivity contribution >= 4 is 12.0 Å². The second-order valence-corrected chi connectivity index (χ2v) is 7.64. The van der Waals surface area contributed by atoms with Gasteiger partial charge in [0.25, 0.3) is 0 Å². The van der Waals surface area contributed by atoms with Gasteiger partial charge in [-0.3, -0.25) is 9.78 Å². The summed E-state index contributed by atoms with van der Waals surface area (Å²) >= 11 is 0. The fraction of sp³-hybridized carbons (Fsp3) is 0.107.